The van der Waals surface area contributed by atoms with Crippen molar-refractivity contribution in [2.45, 2.75) is 33.1 Å². The van der Waals surface area contributed by atoms with Crippen molar-refractivity contribution in [1.29, 1.82) is 0 Å². The summed E-state index contributed by atoms with van der Waals surface area (Å²) in [5.74, 6) is -1.96. The summed E-state index contributed by atoms with van der Waals surface area (Å²) in [6.45, 7) is 3.47. The Morgan fingerprint density at radius 1 is 1.33 bits per heavy atom. The van der Waals surface area contributed by atoms with Crippen molar-refractivity contribution in [3.8, 4) is 5.75 Å². The summed E-state index contributed by atoms with van der Waals surface area (Å²) < 4.78 is 18.3. The number of carbonyl (C=O) groups excluding carboxylic acids is 1. The molecule has 0 aromatic heterocycles. The van der Waals surface area contributed by atoms with E-state index in [1.54, 1.807) is 13.8 Å². The first-order valence-electron chi connectivity index (χ1n) is 6.75. The first kappa shape index (κ1) is 16.9. The molecule has 0 aliphatic heterocycles. The van der Waals surface area contributed by atoms with Crippen LogP contribution < -0.4 is 10.1 Å². The Kier molecular flexibility index (Phi) is 5.69. The molecule has 0 aliphatic carbocycles. The molecule has 0 bridgehead atoms. The molecule has 1 aromatic rings. The summed E-state index contributed by atoms with van der Waals surface area (Å²) in [5.41, 5.74) is -0.820. The number of anilines is 1. The predicted molar refractivity (Wildman–Crippen MR) is 76.8 cm³/mol. The van der Waals surface area contributed by atoms with Crippen LogP contribution >= 0.6 is 0 Å². The Morgan fingerprint density at radius 2 is 1.95 bits per heavy atom. The molecule has 1 aromatic carbocycles. The van der Waals surface area contributed by atoms with Crippen LogP contribution in [0.25, 0.3) is 0 Å². The maximum Gasteiger partial charge on any atom is 0.310 e. The van der Waals surface area contributed by atoms with Gasteiger partial charge in [0.1, 0.15) is 0 Å². The highest BCUT2D eigenvalue weighted by molar-refractivity contribution is 5.94. The lowest BCUT2D eigenvalue weighted by Crippen LogP contribution is -2.34. The number of halogens is 1. The number of benzene rings is 1. The van der Waals surface area contributed by atoms with E-state index < -0.39 is 23.1 Å². The lowest BCUT2D eigenvalue weighted by atomic mass is 9.79. The second-order valence-corrected chi connectivity index (χ2v) is 4.87. The Bertz CT molecular complexity index is 526. The summed E-state index contributed by atoms with van der Waals surface area (Å²) in [6.07, 6.45) is 0.551. The van der Waals surface area contributed by atoms with Gasteiger partial charge in [0.05, 0.1) is 12.5 Å². The first-order chi connectivity index (χ1) is 9.88. The molecule has 2 N–H and O–H groups in total. The fraction of sp³-hybridized carbons (Fsp3) is 0.467. The van der Waals surface area contributed by atoms with E-state index in [2.05, 4.69) is 5.32 Å². The summed E-state index contributed by atoms with van der Waals surface area (Å²) >= 11 is 0. The molecule has 116 valence electrons. The molecule has 0 fully saturated rings. The molecule has 0 unspecified atom stereocenters. The highest BCUT2D eigenvalue weighted by Gasteiger charge is 2.37. The Balaban J connectivity index is 2.81. The van der Waals surface area contributed by atoms with Crippen molar-refractivity contribution >= 4 is 17.6 Å². The second kappa shape index (κ2) is 7.06. The molecule has 0 atom stereocenters. The van der Waals surface area contributed by atoms with Gasteiger partial charge in [-0.1, -0.05) is 13.8 Å². The average Bonchev–Trinajstić information content (AvgIpc) is 2.44. The zero-order valence-corrected chi connectivity index (χ0v) is 12.4. The molecule has 1 amide bonds. The minimum atomic E-state index is -1.09. The molecule has 5 nitrogen and oxygen atoms in total. The molecule has 0 radical (unpaired) electrons. The molecular weight excluding hydrogens is 277 g/mol. The molecule has 0 saturated carbocycles. The predicted octanol–water partition coefficient (Wildman–Crippen LogP) is 3.05. The van der Waals surface area contributed by atoms with Crippen LogP contribution in [0.15, 0.2) is 18.2 Å². The zero-order valence-electron chi connectivity index (χ0n) is 12.4. The van der Waals surface area contributed by atoms with E-state index in [4.69, 9.17) is 4.74 Å². The van der Waals surface area contributed by atoms with E-state index in [1.807, 2.05) is 0 Å². The average molecular weight is 297 g/mol. The second-order valence-electron chi connectivity index (χ2n) is 4.87. The maximum absolute atomic E-state index is 13.5. The number of hydrogen-bond donors (Lipinski definition) is 2. The van der Waals surface area contributed by atoms with E-state index in [-0.39, 0.29) is 17.9 Å². The van der Waals surface area contributed by atoms with Crippen molar-refractivity contribution < 1.29 is 23.8 Å². The number of aliphatic carboxylic acids is 1. The van der Waals surface area contributed by atoms with Gasteiger partial charge in [-0.25, -0.2) is 4.39 Å². The van der Waals surface area contributed by atoms with Crippen LogP contribution in [0.1, 0.15) is 33.1 Å². The van der Waals surface area contributed by atoms with Gasteiger partial charge in [-0.15, -0.1) is 0 Å². The van der Waals surface area contributed by atoms with Gasteiger partial charge < -0.3 is 15.2 Å². The van der Waals surface area contributed by atoms with E-state index in [1.165, 1.54) is 19.2 Å². The minimum absolute atomic E-state index is 0.0787. The van der Waals surface area contributed by atoms with Crippen molar-refractivity contribution in [3.05, 3.63) is 24.0 Å². The number of methoxy groups -OCH3 is 1. The zero-order chi connectivity index (χ0) is 16.0. The lowest BCUT2D eigenvalue weighted by Gasteiger charge is -2.25. The van der Waals surface area contributed by atoms with E-state index in [9.17, 15) is 19.1 Å². The number of carbonyl (C=O) groups is 2. The number of rotatable bonds is 7. The summed E-state index contributed by atoms with van der Waals surface area (Å²) in [4.78, 5) is 23.3. The third kappa shape index (κ3) is 3.93. The van der Waals surface area contributed by atoms with Crippen molar-refractivity contribution in [1.82, 2.24) is 0 Å². The van der Waals surface area contributed by atoms with Crippen molar-refractivity contribution in [2.75, 3.05) is 12.4 Å². The van der Waals surface area contributed by atoms with E-state index in [0.29, 0.717) is 12.8 Å². The Hall–Kier alpha value is -2.11. The SMILES string of the molecule is CCC(CC)(CC(=O)Nc1ccc(OC)c(F)c1)C(=O)O. The Morgan fingerprint density at radius 3 is 2.38 bits per heavy atom. The van der Waals surface area contributed by atoms with E-state index in [0.717, 1.165) is 6.07 Å². The van der Waals surface area contributed by atoms with Gasteiger partial charge in [-0.2, -0.15) is 0 Å². The quantitative estimate of drug-likeness (QED) is 0.811. The van der Waals surface area contributed by atoms with Gasteiger partial charge in [0.15, 0.2) is 11.6 Å². The van der Waals surface area contributed by atoms with Crippen molar-refractivity contribution in [2.24, 2.45) is 5.41 Å². The number of carboxylic acids is 1. The van der Waals surface area contributed by atoms with Crippen LogP contribution in [0.4, 0.5) is 10.1 Å². The number of carboxylic acid groups (broad SMARTS) is 1. The molecule has 0 spiro atoms. The molecule has 21 heavy (non-hydrogen) atoms. The normalized spacial score (nSPS) is 11.0. The van der Waals surface area contributed by atoms with Gasteiger partial charge >= 0.3 is 5.97 Å². The largest absolute Gasteiger partial charge is 0.494 e. The third-order valence-corrected chi connectivity index (χ3v) is 3.74. The fourth-order valence-electron chi connectivity index (χ4n) is 2.13. The Labute approximate surface area is 123 Å². The number of amides is 1. The van der Waals surface area contributed by atoms with Gasteiger partial charge in [0, 0.05) is 18.2 Å². The molecule has 1 rings (SSSR count). The number of nitrogens with one attached hydrogen (secondary N) is 1. The van der Waals surface area contributed by atoms with Crippen LogP contribution in [-0.2, 0) is 9.59 Å². The molecule has 6 heteroatoms. The van der Waals surface area contributed by atoms with Crippen LogP contribution in [0.3, 0.4) is 0 Å². The summed E-state index contributed by atoms with van der Waals surface area (Å²) in [5, 5.41) is 11.8. The highest BCUT2D eigenvalue weighted by atomic mass is 19.1. The van der Waals surface area contributed by atoms with Gasteiger partial charge in [0.2, 0.25) is 5.91 Å². The van der Waals surface area contributed by atoms with Gasteiger partial charge in [0.25, 0.3) is 0 Å². The van der Waals surface area contributed by atoms with Crippen LogP contribution in [0.5, 0.6) is 5.75 Å². The standard InChI is InChI=1S/C15H20FNO4/c1-4-15(5-2,14(19)20)9-13(18)17-10-6-7-12(21-3)11(16)8-10/h6-8H,4-5,9H2,1-3H3,(H,17,18)(H,19,20). The van der Waals surface area contributed by atoms with Crippen LogP contribution in [0, 0.1) is 11.2 Å². The molecule has 0 aliphatic rings. The van der Waals surface area contributed by atoms with Crippen molar-refractivity contribution in [3.63, 3.8) is 0 Å². The lowest BCUT2D eigenvalue weighted by molar-refractivity contribution is -0.151. The summed E-state index contributed by atoms with van der Waals surface area (Å²) in [7, 11) is 1.35. The van der Waals surface area contributed by atoms with Crippen LogP contribution in [-0.4, -0.2) is 24.1 Å². The number of hydrogen-bond acceptors (Lipinski definition) is 3. The topological polar surface area (TPSA) is 75.6 Å². The molecular formula is C15H20FNO4. The maximum atomic E-state index is 13.5. The van der Waals surface area contributed by atoms with Gasteiger partial charge in [-0.05, 0) is 25.0 Å². The smallest absolute Gasteiger partial charge is 0.310 e. The number of ether oxygens (including phenoxy) is 1. The minimum Gasteiger partial charge on any atom is -0.494 e. The van der Waals surface area contributed by atoms with E-state index >= 15 is 0 Å². The fourth-order valence-corrected chi connectivity index (χ4v) is 2.13. The third-order valence-electron chi connectivity index (χ3n) is 3.74. The summed E-state index contributed by atoms with van der Waals surface area (Å²) in [6, 6.07) is 4.03. The highest BCUT2D eigenvalue weighted by Crippen LogP contribution is 2.31. The molecule has 0 saturated heterocycles. The van der Waals surface area contributed by atoms with Crippen LogP contribution in [0.2, 0.25) is 0 Å². The molecule has 0 heterocycles. The monoisotopic (exact) mass is 297 g/mol. The van der Waals surface area contributed by atoms with Gasteiger partial charge in [-0.3, -0.25) is 9.59 Å². The first-order valence-corrected chi connectivity index (χ1v) is 6.75.